The molecule has 6 aromatic carbocycles. The van der Waals surface area contributed by atoms with Crippen molar-refractivity contribution in [3.8, 4) is 28.1 Å². The third-order valence-electron chi connectivity index (χ3n) is 9.09. The Morgan fingerprint density at radius 1 is 0.627 bits per heavy atom. The van der Waals surface area contributed by atoms with Gasteiger partial charge in [-0.05, 0) is 71.8 Å². The van der Waals surface area contributed by atoms with Gasteiger partial charge in [-0.15, -0.1) is 55.3 Å². The summed E-state index contributed by atoms with van der Waals surface area (Å²) in [6, 6.07) is 58.5. The fourth-order valence-corrected chi connectivity index (χ4v) is 7.63. The number of hydroxylamine groups is 1. The van der Waals surface area contributed by atoms with E-state index in [1.807, 2.05) is 11.3 Å². The molecule has 1 aliphatic heterocycles. The van der Waals surface area contributed by atoms with Crippen LogP contribution in [0.5, 0.6) is 0 Å². The molecule has 252 valence electrons. The van der Waals surface area contributed by atoms with E-state index in [4.69, 9.17) is 9.92 Å². The number of fused-ring (bicyclic) bond motifs is 4. The third-order valence-corrected chi connectivity index (χ3v) is 10.0. The molecule has 0 aliphatic carbocycles. The van der Waals surface area contributed by atoms with Crippen molar-refractivity contribution in [2.45, 2.75) is 29.7 Å². The molecule has 7 heteroatoms. The molecule has 0 fully saturated rings. The second kappa shape index (κ2) is 13.9. The summed E-state index contributed by atoms with van der Waals surface area (Å²) >= 11 is 1.65. The molecule has 0 radical (unpaired) electrons. The van der Waals surface area contributed by atoms with Crippen LogP contribution >= 0.6 is 11.8 Å². The number of rotatable bonds is 7. The number of hydrogen-bond donors (Lipinski definition) is 0. The number of hydrogen-bond acceptors (Lipinski definition) is 4. The van der Waals surface area contributed by atoms with Gasteiger partial charge >= 0.3 is 0 Å². The fraction of sp³-hybridized carbons (Fsp3) is 0.0682. The number of benzene rings is 6. The number of aromatic nitrogens is 2. The molecular weight excluding hydrogens is 828 g/mol. The van der Waals surface area contributed by atoms with Crippen LogP contribution in [0.25, 0.3) is 49.9 Å². The summed E-state index contributed by atoms with van der Waals surface area (Å²) in [7, 11) is 0. The van der Waals surface area contributed by atoms with Gasteiger partial charge < -0.3 is 4.57 Å². The summed E-state index contributed by atoms with van der Waals surface area (Å²) < 4.78 is 2.24. The van der Waals surface area contributed by atoms with Crippen molar-refractivity contribution in [1.29, 1.82) is 0 Å². The molecule has 1 N–H and O–H groups in total. The van der Waals surface area contributed by atoms with Gasteiger partial charge in [0.2, 0.25) is 0 Å². The van der Waals surface area contributed by atoms with Gasteiger partial charge in [0.05, 0.1) is 6.04 Å². The third kappa shape index (κ3) is 6.04. The molecule has 1 aliphatic rings. The van der Waals surface area contributed by atoms with E-state index in [-0.39, 0.29) is 27.1 Å². The Morgan fingerprint density at radius 2 is 1.33 bits per heavy atom. The Kier molecular flexibility index (Phi) is 8.99. The average Bonchev–Trinajstić information content (AvgIpc) is 3.72. The predicted molar refractivity (Wildman–Crippen MR) is 206 cm³/mol. The first-order valence-corrected chi connectivity index (χ1v) is 17.6. The summed E-state index contributed by atoms with van der Waals surface area (Å²) in [5.74, 6) is 0.854. The maximum absolute atomic E-state index is 4.94. The van der Waals surface area contributed by atoms with Gasteiger partial charge in [-0.2, -0.15) is 29.2 Å². The number of para-hydroxylation sites is 3. The second-order valence-electron chi connectivity index (χ2n) is 12.6. The van der Waals surface area contributed by atoms with Gasteiger partial charge in [0.1, 0.15) is 17.2 Å². The summed E-state index contributed by atoms with van der Waals surface area (Å²) in [4.78, 5) is 11.9. The van der Waals surface area contributed by atoms with Gasteiger partial charge in [-0.3, -0.25) is 0 Å². The van der Waals surface area contributed by atoms with Crippen molar-refractivity contribution >= 4 is 50.6 Å². The van der Waals surface area contributed by atoms with E-state index in [9.17, 15) is 0 Å². The first kappa shape index (κ1) is 33.0. The van der Waals surface area contributed by atoms with E-state index in [0.717, 1.165) is 54.7 Å². The minimum atomic E-state index is 0. The monoisotopic (exact) mass is 860 g/mol. The fourth-order valence-electron chi connectivity index (χ4n) is 6.81. The van der Waals surface area contributed by atoms with Crippen molar-refractivity contribution in [2.75, 3.05) is 10.1 Å². The molecule has 0 bridgehead atoms. The quantitative estimate of drug-likeness (QED) is 0.118. The number of anilines is 3. The Balaban J connectivity index is 0.00000374. The van der Waals surface area contributed by atoms with Crippen LogP contribution in [0.4, 0.5) is 17.1 Å². The Hall–Kier alpha value is -5.13. The average molecular weight is 861 g/mol. The molecule has 3 heterocycles. The van der Waals surface area contributed by atoms with E-state index in [1.165, 1.54) is 22.1 Å². The Bertz CT molecular complexity index is 2510. The van der Waals surface area contributed by atoms with Gasteiger partial charge in [-0.1, -0.05) is 90.4 Å². The minimum Gasteiger partial charge on any atom is -0.319 e. The molecule has 8 aromatic rings. The summed E-state index contributed by atoms with van der Waals surface area (Å²) in [5.41, 5.74) is 9.80. The van der Waals surface area contributed by atoms with Crippen molar-refractivity contribution in [3.05, 3.63) is 164 Å². The van der Waals surface area contributed by atoms with Crippen LogP contribution in [0.1, 0.15) is 13.8 Å². The molecule has 0 spiro atoms. The van der Waals surface area contributed by atoms with Gasteiger partial charge in [0.15, 0.2) is 0 Å². The minimum absolute atomic E-state index is 0. The Morgan fingerprint density at radius 3 is 2.16 bits per heavy atom. The summed E-state index contributed by atoms with van der Waals surface area (Å²) in [6.07, 6.45) is 1.91. The summed E-state index contributed by atoms with van der Waals surface area (Å²) in [6.45, 7) is 4.31. The maximum atomic E-state index is 4.94. The topological polar surface area (TPSA) is 37.1 Å². The molecule has 0 saturated heterocycles. The van der Waals surface area contributed by atoms with Gasteiger partial charge in [0.25, 0.3) is 0 Å². The summed E-state index contributed by atoms with van der Waals surface area (Å²) in [5, 5.41) is 6.36. The molecule has 9 rings (SSSR count). The largest absolute Gasteiger partial charge is 0.319 e. The first-order chi connectivity index (χ1) is 24.6. The van der Waals surface area contributed by atoms with E-state index in [1.54, 1.807) is 11.8 Å². The zero-order chi connectivity index (χ0) is 33.6. The van der Waals surface area contributed by atoms with Crippen molar-refractivity contribution < 1.29 is 26.0 Å². The molecule has 0 atom stereocenters. The van der Waals surface area contributed by atoms with E-state index >= 15 is 0 Å². The van der Waals surface area contributed by atoms with Crippen LogP contribution in [0.15, 0.2) is 162 Å². The maximum Gasteiger partial charge on any atom is 0.145 e. The molecule has 0 saturated carbocycles. The first-order valence-electron chi connectivity index (χ1n) is 16.8. The molecule has 0 amide bonds. The van der Waals surface area contributed by atoms with Crippen LogP contribution < -0.4 is 10.1 Å². The van der Waals surface area contributed by atoms with Crippen molar-refractivity contribution in [2.24, 2.45) is 0 Å². The standard InChI is InChI=1S/C44H32N4OS.Pt/c1-30(2)47-41-21-10-11-22-42(41)48(49-47)33-15-12-16-34(28-33)50-35-23-24-39-38-19-8-9-20-40(38)46(43(39)29-35)44-27-32(25-26-45-44)37-18-7-6-17-36(37)31-13-4-3-5-14-31;/h3-27,30H,1-2H3;/q-2;/p+1. The predicted octanol–water partition coefficient (Wildman–Crippen LogP) is 11.5. The van der Waals surface area contributed by atoms with Crippen LogP contribution in [0.3, 0.4) is 0 Å². The Labute approximate surface area is 316 Å². The van der Waals surface area contributed by atoms with E-state index in [0.29, 0.717) is 0 Å². The molecule has 51 heavy (non-hydrogen) atoms. The SMILES string of the molecule is CC(C)N1[OH+]N(c2[c-]c(Sc3[c-]c4c(cc3)c3ccccc3n4-c3cc(-c4ccccc4-c4ccccc4)ccn3)ccc2)c2ccccc21.[Pt]. The van der Waals surface area contributed by atoms with E-state index < -0.39 is 0 Å². The molecule has 2 aromatic heterocycles. The second-order valence-corrected chi connectivity index (χ2v) is 13.7. The van der Waals surface area contributed by atoms with Crippen LogP contribution in [0.2, 0.25) is 0 Å². The molecular formula is C44H33N4OPtS-. The van der Waals surface area contributed by atoms with Crippen molar-refractivity contribution in [1.82, 2.24) is 9.55 Å². The zero-order valence-corrected chi connectivity index (χ0v) is 31.1. The molecule has 0 unspecified atom stereocenters. The smallest absolute Gasteiger partial charge is 0.145 e. The number of nitrogens with zero attached hydrogens (tertiary/aromatic N) is 4. The van der Waals surface area contributed by atoms with Crippen LogP contribution in [0, 0.1) is 12.1 Å². The van der Waals surface area contributed by atoms with Crippen LogP contribution in [-0.4, -0.2) is 20.5 Å². The zero-order valence-electron chi connectivity index (χ0n) is 28.0. The van der Waals surface area contributed by atoms with Crippen LogP contribution in [-0.2, 0) is 21.1 Å². The van der Waals surface area contributed by atoms with E-state index in [2.05, 4.69) is 181 Å². The van der Waals surface area contributed by atoms with Gasteiger partial charge in [0, 0.05) is 38.5 Å². The van der Waals surface area contributed by atoms with Crippen molar-refractivity contribution in [3.63, 3.8) is 0 Å². The molecule has 5 nitrogen and oxygen atoms in total. The number of pyridine rings is 1. The normalized spacial score (nSPS) is 12.5. The van der Waals surface area contributed by atoms with Gasteiger partial charge in [-0.25, -0.2) is 4.98 Å².